The minimum Gasteiger partial charge on any atom is -0.368 e. The molecule has 3 N–H and O–H groups in total. The van der Waals surface area contributed by atoms with Crippen molar-refractivity contribution in [3.8, 4) is 0 Å². The fraction of sp³-hybridized carbons (Fsp3) is 0.125. The van der Waals surface area contributed by atoms with E-state index >= 15 is 0 Å². The van der Waals surface area contributed by atoms with E-state index in [0.29, 0.717) is 11.1 Å². The minimum atomic E-state index is -1.03. The zero-order chi connectivity index (χ0) is 17.0. The van der Waals surface area contributed by atoms with E-state index in [1.54, 1.807) is 24.3 Å². The lowest BCUT2D eigenvalue weighted by molar-refractivity contribution is -0.119. The fourth-order valence-corrected chi connectivity index (χ4v) is 2.11. The van der Waals surface area contributed by atoms with Crippen LogP contribution < -0.4 is 11.1 Å². The first-order chi connectivity index (χ1) is 10.9. The summed E-state index contributed by atoms with van der Waals surface area (Å²) in [6, 6.07) is 8.15. The lowest BCUT2D eigenvalue weighted by atomic mass is 10.0. The molecule has 4 nitrogen and oxygen atoms in total. The zero-order valence-electron chi connectivity index (χ0n) is 11.9. The SMILES string of the molecule is NC(=O)[C@H](Cc1ccc(Cl)cc1)NC(=O)c1ccc(F)cc1F. The van der Waals surface area contributed by atoms with Gasteiger partial charge in [-0.05, 0) is 29.8 Å². The van der Waals surface area contributed by atoms with Crippen molar-refractivity contribution in [1.29, 1.82) is 0 Å². The number of carbonyl (C=O) groups is 2. The molecule has 0 radical (unpaired) electrons. The van der Waals surface area contributed by atoms with Crippen LogP contribution >= 0.6 is 11.6 Å². The predicted octanol–water partition coefficient (Wildman–Crippen LogP) is 2.44. The van der Waals surface area contributed by atoms with Crippen molar-refractivity contribution < 1.29 is 18.4 Å². The third kappa shape index (κ3) is 4.50. The number of halogens is 3. The molecular weight excluding hydrogens is 326 g/mol. The van der Waals surface area contributed by atoms with Gasteiger partial charge in [-0.1, -0.05) is 23.7 Å². The van der Waals surface area contributed by atoms with Gasteiger partial charge < -0.3 is 11.1 Å². The summed E-state index contributed by atoms with van der Waals surface area (Å²) in [6.45, 7) is 0. The Morgan fingerprint density at radius 3 is 2.35 bits per heavy atom. The molecule has 120 valence electrons. The molecule has 2 rings (SSSR count). The number of carbonyl (C=O) groups excluding carboxylic acids is 2. The second-order valence-electron chi connectivity index (χ2n) is 4.88. The molecule has 0 spiro atoms. The summed E-state index contributed by atoms with van der Waals surface area (Å²) in [6.07, 6.45) is 0.126. The third-order valence-electron chi connectivity index (χ3n) is 3.18. The molecule has 0 saturated heterocycles. The first-order valence-electron chi connectivity index (χ1n) is 6.66. The molecule has 23 heavy (non-hydrogen) atoms. The second kappa shape index (κ2) is 7.19. The van der Waals surface area contributed by atoms with Crippen LogP contribution in [-0.2, 0) is 11.2 Å². The van der Waals surface area contributed by atoms with Crippen molar-refractivity contribution in [3.05, 3.63) is 70.2 Å². The van der Waals surface area contributed by atoms with E-state index in [0.717, 1.165) is 17.7 Å². The van der Waals surface area contributed by atoms with Crippen LogP contribution in [0.25, 0.3) is 0 Å². The number of hydrogen-bond donors (Lipinski definition) is 2. The molecule has 2 aromatic carbocycles. The lowest BCUT2D eigenvalue weighted by Gasteiger charge is -2.16. The van der Waals surface area contributed by atoms with Gasteiger partial charge >= 0.3 is 0 Å². The smallest absolute Gasteiger partial charge is 0.254 e. The molecule has 2 aromatic rings. The lowest BCUT2D eigenvalue weighted by Crippen LogP contribution is -2.46. The molecule has 0 aliphatic heterocycles. The predicted molar refractivity (Wildman–Crippen MR) is 82.0 cm³/mol. The summed E-state index contributed by atoms with van der Waals surface area (Å²) >= 11 is 5.77. The molecule has 2 amide bonds. The topological polar surface area (TPSA) is 72.2 Å². The Labute approximate surface area is 136 Å². The summed E-state index contributed by atoms with van der Waals surface area (Å²) in [5, 5.41) is 2.88. The normalized spacial score (nSPS) is 11.8. The molecule has 7 heteroatoms. The van der Waals surface area contributed by atoms with Crippen LogP contribution in [0.1, 0.15) is 15.9 Å². The summed E-state index contributed by atoms with van der Waals surface area (Å²) in [5.74, 6) is -3.43. The number of benzene rings is 2. The Kier molecular flexibility index (Phi) is 5.28. The van der Waals surface area contributed by atoms with Gasteiger partial charge in [-0.15, -0.1) is 0 Å². The van der Waals surface area contributed by atoms with E-state index in [2.05, 4.69) is 5.32 Å². The molecular formula is C16H13ClF2N2O2. The van der Waals surface area contributed by atoms with Gasteiger partial charge in [-0.2, -0.15) is 0 Å². The van der Waals surface area contributed by atoms with Gasteiger partial charge in [0, 0.05) is 17.5 Å². The molecule has 0 bridgehead atoms. The average Bonchev–Trinajstić information content (AvgIpc) is 2.48. The fourth-order valence-electron chi connectivity index (χ4n) is 1.99. The molecule has 0 fully saturated rings. The molecule has 0 saturated carbocycles. The highest BCUT2D eigenvalue weighted by molar-refractivity contribution is 6.30. The summed E-state index contributed by atoms with van der Waals surface area (Å²) in [5.41, 5.74) is 5.62. The Morgan fingerprint density at radius 2 is 1.78 bits per heavy atom. The molecule has 0 unspecified atom stereocenters. The van der Waals surface area contributed by atoms with E-state index in [1.807, 2.05) is 0 Å². The number of primary amides is 1. The molecule has 1 atom stereocenters. The van der Waals surface area contributed by atoms with Crippen molar-refractivity contribution in [2.24, 2.45) is 5.73 Å². The number of amides is 2. The Morgan fingerprint density at radius 1 is 1.13 bits per heavy atom. The van der Waals surface area contributed by atoms with E-state index in [9.17, 15) is 18.4 Å². The maximum atomic E-state index is 13.6. The van der Waals surface area contributed by atoms with E-state index in [4.69, 9.17) is 17.3 Å². The van der Waals surface area contributed by atoms with Crippen molar-refractivity contribution in [3.63, 3.8) is 0 Å². The number of rotatable bonds is 5. The third-order valence-corrected chi connectivity index (χ3v) is 3.43. The van der Waals surface area contributed by atoms with Crippen LogP contribution in [0.2, 0.25) is 5.02 Å². The Bertz CT molecular complexity index is 735. The quantitative estimate of drug-likeness (QED) is 0.879. The van der Waals surface area contributed by atoms with Crippen LogP contribution in [0, 0.1) is 11.6 Å². The molecule has 0 heterocycles. The van der Waals surface area contributed by atoms with E-state index < -0.39 is 29.5 Å². The van der Waals surface area contributed by atoms with Gasteiger partial charge in [0.05, 0.1) is 5.56 Å². The van der Waals surface area contributed by atoms with Crippen LogP contribution in [0.4, 0.5) is 8.78 Å². The maximum Gasteiger partial charge on any atom is 0.254 e. The van der Waals surface area contributed by atoms with Crippen LogP contribution in [0.5, 0.6) is 0 Å². The highest BCUT2D eigenvalue weighted by Gasteiger charge is 2.21. The van der Waals surface area contributed by atoms with Crippen molar-refractivity contribution in [2.75, 3.05) is 0 Å². The largest absolute Gasteiger partial charge is 0.368 e. The average molecular weight is 339 g/mol. The van der Waals surface area contributed by atoms with E-state index in [-0.39, 0.29) is 12.0 Å². The Hall–Kier alpha value is -2.47. The first kappa shape index (κ1) is 16.9. The highest BCUT2D eigenvalue weighted by atomic mass is 35.5. The first-order valence-corrected chi connectivity index (χ1v) is 7.04. The van der Waals surface area contributed by atoms with Gasteiger partial charge in [0.25, 0.3) is 5.91 Å². The van der Waals surface area contributed by atoms with Gasteiger partial charge in [0.2, 0.25) is 5.91 Å². The van der Waals surface area contributed by atoms with Gasteiger partial charge in [-0.25, -0.2) is 8.78 Å². The number of hydrogen-bond acceptors (Lipinski definition) is 2. The summed E-state index contributed by atoms with van der Waals surface area (Å²) < 4.78 is 26.5. The molecule has 0 aliphatic rings. The number of nitrogens with one attached hydrogen (secondary N) is 1. The zero-order valence-corrected chi connectivity index (χ0v) is 12.6. The van der Waals surface area contributed by atoms with E-state index in [1.165, 1.54) is 0 Å². The molecule has 0 aromatic heterocycles. The summed E-state index contributed by atoms with van der Waals surface area (Å²) in [4.78, 5) is 23.5. The monoisotopic (exact) mass is 338 g/mol. The van der Waals surface area contributed by atoms with Gasteiger partial charge in [0.15, 0.2) is 0 Å². The van der Waals surface area contributed by atoms with Gasteiger partial charge in [0.1, 0.15) is 17.7 Å². The maximum absolute atomic E-state index is 13.6. The highest BCUT2D eigenvalue weighted by Crippen LogP contribution is 2.13. The standard InChI is InChI=1S/C16H13ClF2N2O2/c17-10-3-1-9(2-4-10)7-14(15(20)22)21-16(23)12-6-5-11(18)8-13(12)19/h1-6,8,14H,7H2,(H2,20,22)(H,21,23)/t14-/m0/s1. The van der Waals surface area contributed by atoms with Crippen molar-refractivity contribution in [1.82, 2.24) is 5.32 Å². The second-order valence-corrected chi connectivity index (χ2v) is 5.32. The van der Waals surface area contributed by atoms with Crippen LogP contribution in [0.15, 0.2) is 42.5 Å². The van der Waals surface area contributed by atoms with Crippen LogP contribution in [-0.4, -0.2) is 17.9 Å². The van der Waals surface area contributed by atoms with Crippen molar-refractivity contribution >= 4 is 23.4 Å². The summed E-state index contributed by atoms with van der Waals surface area (Å²) in [7, 11) is 0. The van der Waals surface area contributed by atoms with Crippen molar-refractivity contribution in [2.45, 2.75) is 12.5 Å². The number of nitrogens with two attached hydrogens (primary N) is 1. The molecule has 0 aliphatic carbocycles. The van der Waals surface area contributed by atoms with Gasteiger partial charge in [-0.3, -0.25) is 9.59 Å². The van der Waals surface area contributed by atoms with Crippen LogP contribution in [0.3, 0.4) is 0 Å². The Balaban J connectivity index is 2.14. The minimum absolute atomic E-state index is 0.126.